The standard InChI is InChI=1S/C14H26N4O/c1-4-12-9-13(18(5-2)17-12)14(19)16-8-6-7-11(3)10-15/h9,11H,4-8,10,15H2,1-3H3,(H,16,19). The van der Waals surface area contributed by atoms with Crippen molar-refractivity contribution in [3.8, 4) is 0 Å². The number of carbonyl (C=O) groups excluding carboxylic acids is 1. The van der Waals surface area contributed by atoms with E-state index in [1.165, 1.54) is 0 Å². The third-order valence-corrected chi connectivity index (χ3v) is 3.29. The topological polar surface area (TPSA) is 72.9 Å². The molecule has 5 nitrogen and oxygen atoms in total. The summed E-state index contributed by atoms with van der Waals surface area (Å²) in [6.45, 7) is 8.27. The Bertz CT molecular complexity index is 400. The van der Waals surface area contributed by atoms with E-state index in [2.05, 4.69) is 17.3 Å². The van der Waals surface area contributed by atoms with Crippen LogP contribution >= 0.6 is 0 Å². The van der Waals surface area contributed by atoms with Gasteiger partial charge in [0.15, 0.2) is 0 Å². The number of amides is 1. The van der Waals surface area contributed by atoms with Gasteiger partial charge in [0.1, 0.15) is 5.69 Å². The van der Waals surface area contributed by atoms with Crippen LogP contribution in [-0.4, -0.2) is 28.8 Å². The lowest BCUT2D eigenvalue weighted by atomic mass is 10.1. The number of hydrogen-bond donors (Lipinski definition) is 2. The Labute approximate surface area is 115 Å². The fraction of sp³-hybridized carbons (Fsp3) is 0.714. The summed E-state index contributed by atoms with van der Waals surface area (Å²) in [5.74, 6) is 0.485. The Morgan fingerprint density at radius 2 is 2.26 bits per heavy atom. The van der Waals surface area contributed by atoms with E-state index in [0.29, 0.717) is 31.2 Å². The van der Waals surface area contributed by atoms with Gasteiger partial charge in [-0.2, -0.15) is 5.10 Å². The molecule has 1 amide bonds. The summed E-state index contributed by atoms with van der Waals surface area (Å²) in [7, 11) is 0. The molecule has 1 aromatic rings. The van der Waals surface area contributed by atoms with Gasteiger partial charge < -0.3 is 11.1 Å². The van der Waals surface area contributed by atoms with Crippen molar-refractivity contribution < 1.29 is 4.79 Å². The minimum atomic E-state index is -0.0329. The van der Waals surface area contributed by atoms with Crippen LogP contribution in [0.2, 0.25) is 0 Å². The van der Waals surface area contributed by atoms with Gasteiger partial charge in [0.2, 0.25) is 0 Å². The SMILES string of the molecule is CCc1cc(C(=O)NCCCC(C)CN)n(CC)n1. The summed E-state index contributed by atoms with van der Waals surface area (Å²) in [6.07, 6.45) is 2.86. The number of nitrogens with one attached hydrogen (secondary N) is 1. The van der Waals surface area contributed by atoms with Gasteiger partial charge in [-0.15, -0.1) is 0 Å². The Kier molecular flexibility index (Phi) is 6.56. The summed E-state index contributed by atoms with van der Waals surface area (Å²) in [4.78, 5) is 12.1. The molecule has 0 radical (unpaired) electrons. The molecule has 1 rings (SSSR count). The van der Waals surface area contributed by atoms with E-state index in [1.54, 1.807) is 4.68 Å². The van der Waals surface area contributed by atoms with Crippen molar-refractivity contribution in [1.29, 1.82) is 0 Å². The van der Waals surface area contributed by atoms with Crippen molar-refractivity contribution in [3.05, 3.63) is 17.5 Å². The number of nitrogens with two attached hydrogens (primary N) is 1. The van der Waals surface area contributed by atoms with Gasteiger partial charge in [0, 0.05) is 13.1 Å². The van der Waals surface area contributed by atoms with Crippen LogP contribution < -0.4 is 11.1 Å². The number of aryl methyl sites for hydroxylation is 2. The molecule has 0 spiro atoms. The molecule has 0 bridgehead atoms. The lowest BCUT2D eigenvalue weighted by molar-refractivity contribution is 0.0942. The van der Waals surface area contributed by atoms with Crippen molar-refractivity contribution >= 4 is 5.91 Å². The number of hydrogen-bond acceptors (Lipinski definition) is 3. The second-order valence-electron chi connectivity index (χ2n) is 4.93. The smallest absolute Gasteiger partial charge is 0.269 e. The predicted octanol–water partition coefficient (Wildman–Crippen LogP) is 1.57. The van der Waals surface area contributed by atoms with Crippen LogP contribution in [0.25, 0.3) is 0 Å². The monoisotopic (exact) mass is 266 g/mol. The van der Waals surface area contributed by atoms with Crippen molar-refractivity contribution in [2.75, 3.05) is 13.1 Å². The largest absolute Gasteiger partial charge is 0.351 e. The van der Waals surface area contributed by atoms with E-state index in [-0.39, 0.29) is 5.91 Å². The zero-order valence-electron chi connectivity index (χ0n) is 12.3. The van der Waals surface area contributed by atoms with Gasteiger partial charge in [-0.1, -0.05) is 13.8 Å². The maximum absolute atomic E-state index is 12.1. The minimum absolute atomic E-state index is 0.0329. The quantitative estimate of drug-likeness (QED) is 0.701. The lowest BCUT2D eigenvalue weighted by Gasteiger charge is -2.09. The van der Waals surface area contributed by atoms with Gasteiger partial charge in [0.05, 0.1) is 5.69 Å². The average molecular weight is 266 g/mol. The van der Waals surface area contributed by atoms with Gasteiger partial charge in [-0.25, -0.2) is 0 Å². The molecule has 1 unspecified atom stereocenters. The van der Waals surface area contributed by atoms with Crippen molar-refractivity contribution in [2.24, 2.45) is 11.7 Å². The Balaban J connectivity index is 2.47. The molecule has 0 aliphatic rings. The maximum atomic E-state index is 12.1. The molecule has 5 heteroatoms. The lowest BCUT2D eigenvalue weighted by Crippen LogP contribution is -2.27. The molecule has 0 fully saturated rings. The third-order valence-electron chi connectivity index (χ3n) is 3.29. The Hall–Kier alpha value is -1.36. The van der Waals surface area contributed by atoms with E-state index >= 15 is 0 Å². The molecule has 0 aromatic carbocycles. The first-order chi connectivity index (χ1) is 9.12. The zero-order valence-corrected chi connectivity index (χ0v) is 12.3. The van der Waals surface area contributed by atoms with Crippen LogP contribution in [-0.2, 0) is 13.0 Å². The summed E-state index contributed by atoms with van der Waals surface area (Å²) in [6, 6.07) is 1.88. The normalized spacial score (nSPS) is 12.4. The average Bonchev–Trinajstić information content (AvgIpc) is 2.86. The van der Waals surface area contributed by atoms with Gasteiger partial charge in [-0.05, 0) is 44.7 Å². The van der Waals surface area contributed by atoms with E-state index in [4.69, 9.17) is 5.73 Å². The first kappa shape index (κ1) is 15.7. The van der Waals surface area contributed by atoms with Gasteiger partial charge >= 0.3 is 0 Å². The van der Waals surface area contributed by atoms with Crippen molar-refractivity contribution in [2.45, 2.75) is 46.6 Å². The Morgan fingerprint density at radius 1 is 1.53 bits per heavy atom. The zero-order chi connectivity index (χ0) is 14.3. The molecule has 108 valence electrons. The number of carbonyl (C=O) groups is 1. The van der Waals surface area contributed by atoms with Crippen LogP contribution in [0.4, 0.5) is 0 Å². The fourth-order valence-corrected chi connectivity index (χ4v) is 1.93. The molecule has 1 heterocycles. The molecule has 0 aliphatic carbocycles. The van der Waals surface area contributed by atoms with Crippen LogP contribution in [0.15, 0.2) is 6.07 Å². The van der Waals surface area contributed by atoms with Gasteiger partial charge in [-0.3, -0.25) is 9.48 Å². The summed E-state index contributed by atoms with van der Waals surface area (Å²) in [5, 5.41) is 7.33. The van der Waals surface area contributed by atoms with E-state index in [1.807, 2.05) is 19.9 Å². The van der Waals surface area contributed by atoms with Gasteiger partial charge in [0.25, 0.3) is 5.91 Å². The van der Waals surface area contributed by atoms with E-state index in [0.717, 1.165) is 25.0 Å². The summed E-state index contributed by atoms with van der Waals surface area (Å²) >= 11 is 0. The molecule has 0 saturated carbocycles. The molecule has 1 atom stereocenters. The molecule has 3 N–H and O–H groups in total. The molecule has 1 aromatic heterocycles. The highest BCUT2D eigenvalue weighted by atomic mass is 16.2. The minimum Gasteiger partial charge on any atom is -0.351 e. The second kappa shape index (κ2) is 7.94. The second-order valence-corrected chi connectivity index (χ2v) is 4.93. The highest BCUT2D eigenvalue weighted by Gasteiger charge is 2.13. The van der Waals surface area contributed by atoms with E-state index in [9.17, 15) is 4.79 Å². The van der Waals surface area contributed by atoms with Crippen LogP contribution in [0.3, 0.4) is 0 Å². The first-order valence-corrected chi connectivity index (χ1v) is 7.17. The highest BCUT2D eigenvalue weighted by molar-refractivity contribution is 5.92. The molecule has 0 saturated heterocycles. The maximum Gasteiger partial charge on any atom is 0.269 e. The molecule has 19 heavy (non-hydrogen) atoms. The van der Waals surface area contributed by atoms with Crippen LogP contribution in [0, 0.1) is 5.92 Å². The predicted molar refractivity (Wildman–Crippen MR) is 77.1 cm³/mol. The highest BCUT2D eigenvalue weighted by Crippen LogP contribution is 2.06. The van der Waals surface area contributed by atoms with Crippen molar-refractivity contribution in [1.82, 2.24) is 15.1 Å². The number of nitrogens with zero attached hydrogens (tertiary/aromatic N) is 2. The summed E-state index contributed by atoms with van der Waals surface area (Å²) < 4.78 is 1.76. The fourth-order valence-electron chi connectivity index (χ4n) is 1.93. The van der Waals surface area contributed by atoms with E-state index < -0.39 is 0 Å². The van der Waals surface area contributed by atoms with Crippen LogP contribution in [0.1, 0.15) is 49.8 Å². The Morgan fingerprint density at radius 3 is 2.84 bits per heavy atom. The third kappa shape index (κ3) is 4.67. The molecular formula is C14H26N4O. The van der Waals surface area contributed by atoms with Crippen LogP contribution in [0.5, 0.6) is 0 Å². The summed E-state index contributed by atoms with van der Waals surface area (Å²) in [5.41, 5.74) is 7.18. The first-order valence-electron chi connectivity index (χ1n) is 7.17. The van der Waals surface area contributed by atoms with Crippen molar-refractivity contribution in [3.63, 3.8) is 0 Å². The molecular weight excluding hydrogens is 240 g/mol. The molecule has 0 aliphatic heterocycles. The number of rotatable bonds is 8. The number of aromatic nitrogens is 2.